The molecule has 1 heterocycles. The molecule has 1 aromatic heterocycles. The third-order valence-electron chi connectivity index (χ3n) is 2.03. The van der Waals surface area contributed by atoms with E-state index in [9.17, 15) is 0 Å². The smallest absolute Gasteiger partial charge is 0.137 e. The van der Waals surface area contributed by atoms with Crippen LogP contribution < -0.4 is 10.5 Å². The van der Waals surface area contributed by atoms with Gasteiger partial charge in [0.1, 0.15) is 12.4 Å². The van der Waals surface area contributed by atoms with Crippen molar-refractivity contribution < 1.29 is 4.74 Å². The molecule has 0 saturated heterocycles. The van der Waals surface area contributed by atoms with Gasteiger partial charge in [0.15, 0.2) is 0 Å². The van der Waals surface area contributed by atoms with Crippen molar-refractivity contribution in [2.75, 3.05) is 6.61 Å². The number of pyridine rings is 1. The quantitative estimate of drug-likeness (QED) is 0.753. The first kappa shape index (κ1) is 11.0. The standard InChI is InChI=1S/C11H18N2O/c1-2-3-5-10(12)9-14-11-6-4-7-13-8-11/h4,6-8,10H,2-3,5,9,12H2,1H3. The van der Waals surface area contributed by atoms with Gasteiger partial charge < -0.3 is 10.5 Å². The second-order valence-corrected chi connectivity index (χ2v) is 3.40. The maximum absolute atomic E-state index is 5.86. The Labute approximate surface area is 85.3 Å². The average molecular weight is 194 g/mol. The molecule has 1 rings (SSSR count). The molecular weight excluding hydrogens is 176 g/mol. The van der Waals surface area contributed by atoms with Crippen molar-refractivity contribution in [1.82, 2.24) is 4.98 Å². The van der Waals surface area contributed by atoms with Gasteiger partial charge in [-0.3, -0.25) is 4.98 Å². The highest BCUT2D eigenvalue weighted by Gasteiger charge is 2.02. The average Bonchev–Trinajstić information content (AvgIpc) is 2.25. The number of unbranched alkanes of at least 4 members (excludes halogenated alkanes) is 1. The summed E-state index contributed by atoms with van der Waals surface area (Å²) in [5.41, 5.74) is 5.86. The molecule has 78 valence electrons. The number of hydrogen-bond donors (Lipinski definition) is 1. The maximum atomic E-state index is 5.86. The zero-order valence-electron chi connectivity index (χ0n) is 8.65. The largest absolute Gasteiger partial charge is 0.490 e. The fourth-order valence-corrected chi connectivity index (χ4v) is 1.19. The van der Waals surface area contributed by atoms with Crippen molar-refractivity contribution in [2.45, 2.75) is 32.2 Å². The molecule has 0 radical (unpaired) electrons. The van der Waals surface area contributed by atoms with Crippen LogP contribution in [0.15, 0.2) is 24.5 Å². The van der Waals surface area contributed by atoms with Gasteiger partial charge in [-0.15, -0.1) is 0 Å². The molecule has 0 spiro atoms. The predicted molar refractivity (Wildman–Crippen MR) is 57.2 cm³/mol. The van der Waals surface area contributed by atoms with Crippen molar-refractivity contribution >= 4 is 0 Å². The topological polar surface area (TPSA) is 48.1 Å². The van der Waals surface area contributed by atoms with Crippen LogP contribution in [0, 0.1) is 0 Å². The molecule has 14 heavy (non-hydrogen) atoms. The number of aromatic nitrogens is 1. The van der Waals surface area contributed by atoms with Gasteiger partial charge >= 0.3 is 0 Å². The number of nitrogens with zero attached hydrogens (tertiary/aromatic N) is 1. The van der Waals surface area contributed by atoms with E-state index in [1.54, 1.807) is 12.4 Å². The van der Waals surface area contributed by atoms with Gasteiger partial charge in [0.05, 0.1) is 6.20 Å². The highest BCUT2D eigenvalue weighted by Crippen LogP contribution is 2.07. The third kappa shape index (κ3) is 4.23. The molecule has 0 amide bonds. The first-order valence-electron chi connectivity index (χ1n) is 5.11. The SMILES string of the molecule is CCCCC(N)COc1cccnc1. The maximum Gasteiger partial charge on any atom is 0.137 e. The number of ether oxygens (including phenoxy) is 1. The molecule has 0 aromatic carbocycles. The van der Waals surface area contributed by atoms with Gasteiger partial charge in [-0.25, -0.2) is 0 Å². The monoisotopic (exact) mass is 194 g/mol. The summed E-state index contributed by atoms with van der Waals surface area (Å²) in [5.74, 6) is 0.791. The lowest BCUT2D eigenvalue weighted by Gasteiger charge is -2.11. The van der Waals surface area contributed by atoms with Crippen LogP contribution >= 0.6 is 0 Å². The normalized spacial score (nSPS) is 12.4. The molecule has 0 aliphatic carbocycles. The second kappa shape index (κ2) is 6.38. The molecule has 3 heteroatoms. The molecule has 1 unspecified atom stereocenters. The fraction of sp³-hybridized carbons (Fsp3) is 0.545. The van der Waals surface area contributed by atoms with E-state index in [2.05, 4.69) is 11.9 Å². The molecular formula is C11H18N2O. The Balaban J connectivity index is 2.20. The van der Waals surface area contributed by atoms with Crippen LogP contribution in [0.2, 0.25) is 0 Å². The van der Waals surface area contributed by atoms with Crippen molar-refractivity contribution in [3.05, 3.63) is 24.5 Å². The van der Waals surface area contributed by atoms with Crippen LogP contribution in [-0.2, 0) is 0 Å². The van der Waals surface area contributed by atoms with Crippen molar-refractivity contribution in [3.8, 4) is 5.75 Å². The highest BCUT2D eigenvalue weighted by atomic mass is 16.5. The van der Waals surface area contributed by atoms with Gasteiger partial charge in [0.25, 0.3) is 0 Å². The molecule has 0 fully saturated rings. The molecule has 0 bridgehead atoms. The molecule has 3 nitrogen and oxygen atoms in total. The summed E-state index contributed by atoms with van der Waals surface area (Å²) in [6, 6.07) is 3.88. The summed E-state index contributed by atoms with van der Waals surface area (Å²) in [6.45, 7) is 2.74. The fourth-order valence-electron chi connectivity index (χ4n) is 1.19. The summed E-state index contributed by atoms with van der Waals surface area (Å²) in [7, 11) is 0. The highest BCUT2D eigenvalue weighted by molar-refractivity contribution is 5.15. The predicted octanol–water partition coefficient (Wildman–Crippen LogP) is 1.98. The molecule has 0 aliphatic heterocycles. The minimum atomic E-state index is 0.134. The molecule has 1 aromatic rings. The van der Waals surface area contributed by atoms with Crippen molar-refractivity contribution in [2.24, 2.45) is 5.73 Å². The van der Waals surface area contributed by atoms with Crippen LogP contribution in [0.1, 0.15) is 26.2 Å². The first-order valence-corrected chi connectivity index (χ1v) is 5.11. The third-order valence-corrected chi connectivity index (χ3v) is 2.03. The van der Waals surface area contributed by atoms with Crippen LogP contribution in [0.5, 0.6) is 5.75 Å². The van der Waals surface area contributed by atoms with E-state index >= 15 is 0 Å². The van der Waals surface area contributed by atoms with E-state index in [1.165, 1.54) is 6.42 Å². The first-order chi connectivity index (χ1) is 6.83. The van der Waals surface area contributed by atoms with Crippen molar-refractivity contribution in [1.29, 1.82) is 0 Å². The van der Waals surface area contributed by atoms with Crippen LogP contribution in [0.3, 0.4) is 0 Å². The zero-order chi connectivity index (χ0) is 10.2. The lowest BCUT2D eigenvalue weighted by molar-refractivity contribution is 0.279. The number of rotatable bonds is 6. The lowest BCUT2D eigenvalue weighted by atomic mass is 10.1. The minimum absolute atomic E-state index is 0.134. The van der Waals surface area contributed by atoms with Crippen LogP contribution in [0.4, 0.5) is 0 Å². The van der Waals surface area contributed by atoms with Gasteiger partial charge in [-0.1, -0.05) is 19.8 Å². The summed E-state index contributed by atoms with van der Waals surface area (Å²) >= 11 is 0. The summed E-state index contributed by atoms with van der Waals surface area (Å²) in [4.78, 5) is 3.96. The van der Waals surface area contributed by atoms with Gasteiger partial charge in [-0.2, -0.15) is 0 Å². The van der Waals surface area contributed by atoms with E-state index in [-0.39, 0.29) is 6.04 Å². The van der Waals surface area contributed by atoms with Gasteiger partial charge in [-0.05, 0) is 18.6 Å². The van der Waals surface area contributed by atoms with Gasteiger partial charge in [0.2, 0.25) is 0 Å². The van der Waals surface area contributed by atoms with E-state index in [0.717, 1.165) is 18.6 Å². The van der Waals surface area contributed by atoms with Gasteiger partial charge in [0, 0.05) is 12.2 Å². The summed E-state index contributed by atoms with van der Waals surface area (Å²) in [5, 5.41) is 0. The molecule has 0 saturated carbocycles. The van der Waals surface area contributed by atoms with E-state index in [4.69, 9.17) is 10.5 Å². The molecule has 2 N–H and O–H groups in total. The van der Waals surface area contributed by atoms with E-state index < -0.39 is 0 Å². The number of nitrogens with two attached hydrogens (primary N) is 1. The Morgan fingerprint density at radius 1 is 1.57 bits per heavy atom. The Bertz CT molecular complexity index is 238. The molecule has 1 atom stereocenters. The Kier molecular flexibility index (Phi) is 5.00. The van der Waals surface area contributed by atoms with Crippen molar-refractivity contribution in [3.63, 3.8) is 0 Å². The molecule has 0 aliphatic rings. The van der Waals surface area contributed by atoms with E-state index in [0.29, 0.717) is 6.61 Å². The summed E-state index contributed by atoms with van der Waals surface area (Å²) < 4.78 is 5.48. The second-order valence-electron chi connectivity index (χ2n) is 3.40. The zero-order valence-corrected chi connectivity index (χ0v) is 8.65. The lowest BCUT2D eigenvalue weighted by Crippen LogP contribution is -2.27. The Hall–Kier alpha value is -1.09. The Morgan fingerprint density at radius 2 is 2.43 bits per heavy atom. The van der Waals surface area contributed by atoms with Crippen LogP contribution in [-0.4, -0.2) is 17.6 Å². The Morgan fingerprint density at radius 3 is 3.07 bits per heavy atom. The summed E-state index contributed by atoms with van der Waals surface area (Å²) in [6.07, 6.45) is 6.80. The number of hydrogen-bond acceptors (Lipinski definition) is 3. The van der Waals surface area contributed by atoms with E-state index in [1.807, 2.05) is 12.1 Å². The van der Waals surface area contributed by atoms with Crippen LogP contribution in [0.25, 0.3) is 0 Å². The minimum Gasteiger partial charge on any atom is -0.490 e.